The number of ether oxygens (including phenoxy) is 1. The molecule has 0 aliphatic carbocycles. The molecular formula is C20H18N2O2. The van der Waals surface area contributed by atoms with E-state index in [4.69, 9.17) is 4.74 Å². The summed E-state index contributed by atoms with van der Waals surface area (Å²) in [6.45, 7) is 0. The van der Waals surface area contributed by atoms with Gasteiger partial charge in [0.2, 0.25) is 0 Å². The molecule has 0 fully saturated rings. The maximum Gasteiger partial charge on any atom is 0.255 e. The fraction of sp³-hybridized carbons (Fsp3) is 0.0500. The average Bonchev–Trinajstić information content (AvgIpc) is 2.63. The van der Waals surface area contributed by atoms with Crippen molar-refractivity contribution in [3.05, 3.63) is 84.4 Å². The van der Waals surface area contributed by atoms with Gasteiger partial charge in [-0.05, 0) is 42.5 Å². The number of anilines is 3. The van der Waals surface area contributed by atoms with Crippen molar-refractivity contribution in [1.29, 1.82) is 0 Å². The molecule has 0 radical (unpaired) electrons. The summed E-state index contributed by atoms with van der Waals surface area (Å²) in [5.41, 5.74) is 2.98. The van der Waals surface area contributed by atoms with Gasteiger partial charge in [0.25, 0.3) is 5.91 Å². The number of amides is 1. The van der Waals surface area contributed by atoms with Gasteiger partial charge in [-0.25, -0.2) is 0 Å². The Morgan fingerprint density at radius 2 is 1.46 bits per heavy atom. The molecule has 0 aromatic heterocycles. The largest absolute Gasteiger partial charge is 0.495 e. The molecule has 24 heavy (non-hydrogen) atoms. The molecule has 4 nitrogen and oxygen atoms in total. The Labute approximate surface area is 141 Å². The predicted octanol–water partition coefficient (Wildman–Crippen LogP) is 4.69. The van der Waals surface area contributed by atoms with Gasteiger partial charge in [0.15, 0.2) is 0 Å². The first kappa shape index (κ1) is 15.6. The Morgan fingerprint density at radius 3 is 2.08 bits per heavy atom. The number of carbonyl (C=O) groups excluding carboxylic acids is 1. The highest BCUT2D eigenvalue weighted by molar-refractivity contribution is 6.05. The maximum atomic E-state index is 12.4. The third-order valence-electron chi connectivity index (χ3n) is 3.55. The number of nitrogens with one attached hydrogen (secondary N) is 2. The van der Waals surface area contributed by atoms with E-state index in [2.05, 4.69) is 10.6 Å². The number of benzene rings is 3. The molecule has 1 amide bonds. The van der Waals surface area contributed by atoms with Crippen molar-refractivity contribution in [3.63, 3.8) is 0 Å². The number of para-hydroxylation sites is 2. The van der Waals surface area contributed by atoms with E-state index in [1.165, 1.54) is 0 Å². The molecular weight excluding hydrogens is 300 g/mol. The van der Waals surface area contributed by atoms with E-state index in [0.717, 1.165) is 17.1 Å². The predicted molar refractivity (Wildman–Crippen MR) is 97.1 cm³/mol. The first-order valence-electron chi connectivity index (χ1n) is 7.63. The minimum atomic E-state index is -0.167. The summed E-state index contributed by atoms with van der Waals surface area (Å²) >= 11 is 0. The molecule has 0 aliphatic rings. The third-order valence-corrected chi connectivity index (χ3v) is 3.55. The Kier molecular flexibility index (Phi) is 4.77. The van der Waals surface area contributed by atoms with Gasteiger partial charge in [0.1, 0.15) is 5.75 Å². The van der Waals surface area contributed by atoms with E-state index in [1.54, 1.807) is 25.3 Å². The van der Waals surface area contributed by atoms with Gasteiger partial charge in [-0.2, -0.15) is 0 Å². The number of hydrogen-bond acceptors (Lipinski definition) is 3. The van der Waals surface area contributed by atoms with E-state index in [9.17, 15) is 4.79 Å². The zero-order chi connectivity index (χ0) is 16.8. The quantitative estimate of drug-likeness (QED) is 0.717. The van der Waals surface area contributed by atoms with Crippen molar-refractivity contribution in [2.45, 2.75) is 0 Å². The molecule has 0 aliphatic heterocycles. The minimum Gasteiger partial charge on any atom is -0.495 e. The van der Waals surface area contributed by atoms with Crippen molar-refractivity contribution in [3.8, 4) is 5.75 Å². The van der Waals surface area contributed by atoms with Crippen LogP contribution >= 0.6 is 0 Å². The van der Waals surface area contributed by atoms with Crippen LogP contribution in [0.1, 0.15) is 10.4 Å². The second-order valence-corrected chi connectivity index (χ2v) is 5.23. The van der Waals surface area contributed by atoms with Crippen LogP contribution in [0.15, 0.2) is 78.9 Å². The van der Waals surface area contributed by atoms with Crippen LogP contribution in [-0.2, 0) is 0 Å². The van der Waals surface area contributed by atoms with Crippen LogP contribution in [0.25, 0.3) is 0 Å². The summed E-state index contributed by atoms with van der Waals surface area (Å²) in [5, 5.41) is 6.16. The fourth-order valence-electron chi connectivity index (χ4n) is 2.35. The summed E-state index contributed by atoms with van der Waals surface area (Å²) in [5.74, 6) is 0.509. The van der Waals surface area contributed by atoms with E-state index in [0.29, 0.717) is 11.3 Å². The fourth-order valence-corrected chi connectivity index (χ4v) is 2.35. The van der Waals surface area contributed by atoms with Crippen molar-refractivity contribution in [2.24, 2.45) is 0 Å². The average molecular weight is 318 g/mol. The monoisotopic (exact) mass is 318 g/mol. The Bertz CT molecular complexity index is 818. The topological polar surface area (TPSA) is 50.4 Å². The normalized spacial score (nSPS) is 10.0. The lowest BCUT2D eigenvalue weighted by molar-refractivity contribution is 0.102. The lowest BCUT2D eigenvalue weighted by atomic mass is 10.1. The molecule has 3 rings (SSSR count). The molecule has 4 heteroatoms. The summed E-state index contributed by atoms with van der Waals surface area (Å²) in [4.78, 5) is 12.4. The smallest absolute Gasteiger partial charge is 0.255 e. The number of hydrogen-bond donors (Lipinski definition) is 2. The maximum absolute atomic E-state index is 12.4. The van der Waals surface area contributed by atoms with Gasteiger partial charge in [-0.3, -0.25) is 4.79 Å². The highest BCUT2D eigenvalue weighted by atomic mass is 16.5. The third kappa shape index (κ3) is 3.73. The van der Waals surface area contributed by atoms with Gasteiger partial charge in [-0.15, -0.1) is 0 Å². The van der Waals surface area contributed by atoms with Crippen LogP contribution in [0.2, 0.25) is 0 Å². The summed E-state index contributed by atoms with van der Waals surface area (Å²) < 4.78 is 5.38. The van der Waals surface area contributed by atoms with Gasteiger partial charge >= 0.3 is 0 Å². The van der Waals surface area contributed by atoms with Crippen LogP contribution < -0.4 is 15.4 Å². The summed E-state index contributed by atoms with van der Waals surface area (Å²) in [6.07, 6.45) is 0. The summed E-state index contributed by atoms with van der Waals surface area (Å²) in [6, 6.07) is 24.4. The molecule has 120 valence electrons. The Hall–Kier alpha value is -3.27. The summed E-state index contributed by atoms with van der Waals surface area (Å²) in [7, 11) is 1.61. The molecule has 0 heterocycles. The highest BCUT2D eigenvalue weighted by Crippen LogP contribution is 2.29. The minimum absolute atomic E-state index is 0.167. The van der Waals surface area contributed by atoms with Crippen LogP contribution in [-0.4, -0.2) is 13.0 Å². The molecule has 0 spiro atoms. The molecule has 0 bridgehead atoms. The van der Waals surface area contributed by atoms with Crippen LogP contribution in [0.3, 0.4) is 0 Å². The van der Waals surface area contributed by atoms with Gasteiger partial charge in [0.05, 0.1) is 12.8 Å². The van der Waals surface area contributed by atoms with E-state index < -0.39 is 0 Å². The van der Waals surface area contributed by atoms with Crippen molar-refractivity contribution >= 4 is 23.0 Å². The second kappa shape index (κ2) is 7.33. The van der Waals surface area contributed by atoms with Crippen molar-refractivity contribution in [1.82, 2.24) is 0 Å². The molecule has 3 aromatic carbocycles. The van der Waals surface area contributed by atoms with Crippen molar-refractivity contribution < 1.29 is 9.53 Å². The second-order valence-electron chi connectivity index (χ2n) is 5.23. The first-order valence-corrected chi connectivity index (χ1v) is 7.63. The Morgan fingerprint density at radius 1 is 0.833 bits per heavy atom. The lowest BCUT2D eigenvalue weighted by Crippen LogP contribution is -2.12. The van der Waals surface area contributed by atoms with Crippen LogP contribution in [0.5, 0.6) is 5.75 Å². The lowest BCUT2D eigenvalue weighted by Gasteiger charge is -2.13. The zero-order valence-electron chi connectivity index (χ0n) is 13.3. The number of rotatable bonds is 5. The van der Waals surface area contributed by atoms with Gasteiger partial charge in [-0.1, -0.05) is 36.4 Å². The SMILES string of the molecule is COc1ccc(C(=O)Nc2ccccc2)cc1Nc1ccccc1. The molecule has 3 aromatic rings. The standard InChI is InChI=1S/C20H18N2O2/c1-24-19-13-12-15(20(23)22-17-10-6-3-7-11-17)14-18(19)21-16-8-4-2-5-9-16/h2-14,21H,1H3,(H,22,23). The number of carbonyl (C=O) groups is 1. The Balaban J connectivity index is 1.84. The van der Waals surface area contributed by atoms with Crippen LogP contribution in [0, 0.1) is 0 Å². The van der Waals surface area contributed by atoms with E-state index in [1.807, 2.05) is 60.7 Å². The van der Waals surface area contributed by atoms with Gasteiger partial charge < -0.3 is 15.4 Å². The van der Waals surface area contributed by atoms with E-state index in [-0.39, 0.29) is 5.91 Å². The molecule has 0 saturated heterocycles. The molecule has 0 unspecified atom stereocenters. The molecule has 2 N–H and O–H groups in total. The first-order chi connectivity index (χ1) is 11.8. The number of methoxy groups -OCH3 is 1. The molecule has 0 atom stereocenters. The van der Waals surface area contributed by atoms with Crippen LogP contribution in [0.4, 0.5) is 17.1 Å². The van der Waals surface area contributed by atoms with Gasteiger partial charge in [0, 0.05) is 16.9 Å². The zero-order valence-corrected chi connectivity index (χ0v) is 13.3. The highest BCUT2D eigenvalue weighted by Gasteiger charge is 2.11. The van der Waals surface area contributed by atoms with Crippen molar-refractivity contribution in [2.75, 3.05) is 17.7 Å². The molecule has 0 saturated carbocycles. The van der Waals surface area contributed by atoms with E-state index >= 15 is 0 Å².